The number of carbonyl (C=O) groups is 3. The minimum atomic E-state index is -1.34. The van der Waals surface area contributed by atoms with Crippen molar-refractivity contribution in [2.75, 3.05) is 6.54 Å². The standard InChI is InChI=1S/C23H43NO6/c1-5-9-10-11-12-13-17-24(18(14-6-2)21(25)26,19(15-7-3)22(27)28)20(16-8-4)23(29)30/h18-20H,5-17H2,1-4H3,(H2-,25,26,27,28,29,30). The van der Waals surface area contributed by atoms with Gasteiger partial charge in [0.25, 0.3) is 0 Å². The molecule has 0 spiro atoms. The fraction of sp³-hybridized carbons (Fsp3) is 0.870. The van der Waals surface area contributed by atoms with Crippen molar-refractivity contribution >= 4 is 17.9 Å². The summed E-state index contributed by atoms with van der Waals surface area (Å²) in [5, 5.41) is 32.4. The van der Waals surface area contributed by atoms with Gasteiger partial charge in [0.15, 0.2) is 12.1 Å². The molecule has 0 aliphatic heterocycles. The number of quaternary nitrogens is 1. The first kappa shape index (κ1) is 28.4. The van der Waals surface area contributed by atoms with Gasteiger partial charge < -0.3 is 20.1 Å². The Morgan fingerprint density at radius 1 is 0.667 bits per heavy atom. The third-order valence-corrected chi connectivity index (χ3v) is 6.17. The molecule has 176 valence electrons. The summed E-state index contributed by atoms with van der Waals surface area (Å²) in [4.78, 5) is 37.0. The number of hydrogen-bond donors (Lipinski definition) is 2. The van der Waals surface area contributed by atoms with Crippen LogP contribution in [0.3, 0.4) is 0 Å². The second-order valence-electron chi connectivity index (χ2n) is 8.40. The highest BCUT2D eigenvalue weighted by Crippen LogP contribution is 2.34. The van der Waals surface area contributed by atoms with E-state index in [1.807, 2.05) is 20.8 Å². The Hall–Kier alpha value is -1.63. The van der Waals surface area contributed by atoms with Gasteiger partial charge in [-0.1, -0.05) is 59.8 Å². The van der Waals surface area contributed by atoms with Crippen LogP contribution in [0, 0.1) is 0 Å². The maximum absolute atomic E-state index is 12.4. The molecule has 0 fully saturated rings. The SMILES string of the molecule is CCCCCCCC[N+](C(CCC)C(=O)[O-])(C(CCC)C(=O)O)C(CCC)C(=O)O. The zero-order valence-electron chi connectivity index (χ0n) is 19.4. The Kier molecular flexibility index (Phi) is 14.4. The molecule has 7 heteroatoms. The van der Waals surface area contributed by atoms with E-state index in [0.717, 1.165) is 32.1 Å². The number of hydrogen-bond acceptors (Lipinski definition) is 4. The van der Waals surface area contributed by atoms with Crippen molar-refractivity contribution in [3.8, 4) is 0 Å². The van der Waals surface area contributed by atoms with Gasteiger partial charge in [-0.2, -0.15) is 0 Å². The second kappa shape index (κ2) is 15.2. The molecule has 0 radical (unpaired) electrons. The summed E-state index contributed by atoms with van der Waals surface area (Å²) in [6, 6.07) is -3.30. The minimum Gasteiger partial charge on any atom is -0.544 e. The number of aliphatic carboxylic acids is 3. The molecule has 0 bridgehead atoms. The van der Waals surface area contributed by atoms with Gasteiger partial charge >= 0.3 is 11.9 Å². The number of carboxylic acid groups (broad SMARTS) is 3. The average molecular weight is 430 g/mol. The lowest BCUT2D eigenvalue weighted by atomic mass is 9.91. The lowest BCUT2D eigenvalue weighted by Gasteiger charge is -2.52. The summed E-state index contributed by atoms with van der Waals surface area (Å²) < 4.78 is -0.434. The predicted molar refractivity (Wildman–Crippen MR) is 115 cm³/mol. The molecule has 0 rings (SSSR count). The van der Waals surface area contributed by atoms with Crippen molar-refractivity contribution in [1.29, 1.82) is 0 Å². The van der Waals surface area contributed by atoms with Crippen molar-refractivity contribution in [3.63, 3.8) is 0 Å². The Balaban J connectivity index is 6.37. The molecule has 0 saturated heterocycles. The van der Waals surface area contributed by atoms with E-state index in [4.69, 9.17) is 0 Å². The summed E-state index contributed by atoms with van der Waals surface area (Å²) in [6.45, 7) is 7.89. The van der Waals surface area contributed by atoms with Crippen LogP contribution >= 0.6 is 0 Å². The van der Waals surface area contributed by atoms with E-state index in [2.05, 4.69) is 6.92 Å². The van der Waals surface area contributed by atoms with Gasteiger partial charge in [-0.25, -0.2) is 9.59 Å². The lowest BCUT2D eigenvalue weighted by molar-refractivity contribution is -0.975. The smallest absolute Gasteiger partial charge is 0.362 e. The largest absolute Gasteiger partial charge is 0.544 e. The second-order valence-corrected chi connectivity index (χ2v) is 8.40. The molecule has 0 aliphatic rings. The Bertz CT molecular complexity index is 462. The van der Waals surface area contributed by atoms with E-state index in [1.165, 1.54) is 0 Å². The molecule has 0 saturated carbocycles. The normalized spacial score (nSPS) is 16.4. The highest BCUT2D eigenvalue weighted by molar-refractivity contribution is 5.77. The summed E-state index contributed by atoms with van der Waals surface area (Å²) in [6.07, 6.45) is 8.02. The first-order chi connectivity index (χ1) is 14.2. The Morgan fingerprint density at radius 3 is 1.43 bits per heavy atom. The lowest BCUT2D eigenvalue weighted by Crippen LogP contribution is -2.74. The molecule has 0 aromatic rings. The van der Waals surface area contributed by atoms with Gasteiger partial charge in [-0.15, -0.1) is 0 Å². The molecule has 3 atom stereocenters. The zero-order chi connectivity index (χ0) is 23.2. The van der Waals surface area contributed by atoms with Gasteiger partial charge in [0.1, 0.15) is 6.04 Å². The summed E-state index contributed by atoms with van der Waals surface area (Å²) in [7, 11) is 0. The van der Waals surface area contributed by atoms with E-state index < -0.39 is 40.5 Å². The topological polar surface area (TPSA) is 115 Å². The summed E-state index contributed by atoms with van der Waals surface area (Å²) >= 11 is 0. The average Bonchev–Trinajstić information content (AvgIpc) is 2.68. The first-order valence-corrected chi connectivity index (χ1v) is 11.8. The van der Waals surface area contributed by atoms with Crippen LogP contribution in [0.25, 0.3) is 0 Å². The zero-order valence-corrected chi connectivity index (χ0v) is 19.4. The van der Waals surface area contributed by atoms with Crippen LogP contribution in [-0.4, -0.2) is 57.3 Å². The van der Waals surface area contributed by atoms with Crippen molar-refractivity contribution in [2.45, 2.75) is 123 Å². The van der Waals surface area contributed by atoms with Crippen molar-refractivity contribution in [3.05, 3.63) is 0 Å². The van der Waals surface area contributed by atoms with Crippen LogP contribution in [0.2, 0.25) is 0 Å². The van der Waals surface area contributed by atoms with Crippen LogP contribution in [0.1, 0.15) is 105 Å². The monoisotopic (exact) mass is 429 g/mol. The summed E-state index contributed by atoms with van der Waals surface area (Å²) in [5.74, 6) is -3.58. The molecular formula is C23H43NO6. The van der Waals surface area contributed by atoms with E-state index >= 15 is 0 Å². The third-order valence-electron chi connectivity index (χ3n) is 6.17. The number of rotatable bonds is 19. The molecule has 0 aromatic heterocycles. The van der Waals surface area contributed by atoms with E-state index in [9.17, 15) is 29.7 Å². The van der Waals surface area contributed by atoms with Crippen molar-refractivity contribution in [2.24, 2.45) is 0 Å². The van der Waals surface area contributed by atoms with E-state index in [0.29, 0.717) is 25.7 Å². The fourth-order valence-corrected chi connectivity index (χ4v) is 4.80. The fourth-order valence-electron chi connectivity index (χ4n) is 4.80. The molecule has 0 heterocycles. The van der Waals surface area contributed by atoms with Gasteiger partial charge in [-0.3, -0.25) is 4.48 Å². The molecule has 30 heavy (non-hydrogen) atoms. The van der Waals surface area contributed by atoms with Gasteiger partial charge in [0.05, 0.1) is 12.5 Å². The van der Waals surface area contributed by atoms with Crippen LogP contribution in [-0.2, 0) is 14.4 Å². The quantitative estimate of drug-likeness (QED) is 0.239. The van der Waals surface area contributed by atoms with Gasteiger partial charge in [-0.05, 0) is 25.7 Å². The summed E-state index contributed by atoms with van der Waals surface area (Å²) in [5.41, 5.74) is 0. The third kappa shape index (κ3) is 7.89. The molecule has 7 nitrogen and oxygen atoms in total. The number of nitrogens with zero attached hydrogens (tertiary/aromatic N) is 1. The highest BCUT2D eigenvalue weighted by atomic mass is 16.4. The number of carbonyl (C=O) groups excluding carboxylic acids is 1. The predicted octanol–water partition coefficient (Wildman–Crippen LogP) is 3.59. The maximum Gasteiger partial charge on any atom is 0.362 e. The molecule has 0 amide bonds. The Labute approximate surface area is 182 Å². The Morgan fingerprint density at radius 2 is 1.07 bits per heavy atom. The first-order valence-electron chi connectivity index (χ1n) is 11.8. The molecule has 3 unspecified atom stereocenters. The number of unbranched alkanes of at least 4 members (excludes halogenated alkanes) is 5. The molecule has 2 N–H and O–H groups in total. The van der Waals surface area contributed by atoms with Gasteiger partial charge in [0.2, 0.25) is 0 Å². The van der Waals surface area contributed by atoms with Crippen LogP contribution in [0.5, 0.6) is 0 Å². The molecular weight excluding hydrogens is 386 g/mol. The van der Waals surface area contributed by atoms with E-state index in [-0.39, 0.29) is 25.8 Å². The van der Waals surface area contributed by atoms with Crippen molar-refractivity contribution in [1.82, 2.24) is 0 Å². The molecule has 0 aliphatic carbocycles. The van der Waals surface area contributed by atoms with Crippen LogP contribution < -0.4 is 5.11 Å². The number of carboxylic acids is 3. The highest BCUT2D eigenvalue weighted by Gasteiger charge is 2.54. The van der Waals surface area contributed by atoms with E-state index in [1.54, 1.807) is 0 Å². The minimum absolute atomic E-state index is 0.207. The molecule has 0 aromatic carbocycles. The van der Waals surface area contributed by atoms with Gasteiger partial charge in [0, 0.05) is 19.3 Å². The van der Waals surface area contributed by atoms with Crippen LogP contribution in [0.4, 0.5) is 0 Å². The van der Waals surface area contributed by atoms with Crippen molar-refractivity contribution < 1.29 is 34.2 Å². The van der Waals surface area contributed by atoms with Crippen LogP contribution in [0.15, 0.2) is 0 Å². The maximum atomic E-state index is 12.4.